The number of carboxylic acids is 1. The van der Waals surface area contributed by atoms with Gasteiger partial charge in [-0.05, 0) is 6.92 Å². The van der Waals surface area contributed by atoms with E-state index < -0.39 is 33.1 Å². The molecule has 0 bridgehead atoms. The van der Waals surface area contributed by atoms with Gasteiger partial charge >= 0.3 is 5.97 Å². The van der Waals surface area contributed by atoms with Gasteiger partial charge in [0.05, 0.1) is 27.6 Å². The first-order valence-corrected chi connectivity index (χ1v) is 6.95. The van der Waals surface area contributed by atoms with Gasteiger partial charge in [-0.15, -0.1) is 11.3 Å². The minimum atomic E-state index is -1.18. The fraction of sp³-hybridized carbons (Fsp3) is 0.0909. The number of nitrogens with zero attached hydrogens (tertiary/aromatic N) is 2. The van der Waals surface area contributed by atoms with Crippen LogP contribution in [0.3, 0.4) is 0 Å². The number of hydrogen-bond acceptors (Lipinski definition) is 6. The number of rotatable bonds is 4. The zero-order valence-corrected chi connectivity index (χ0v) is 11.9. The van der Waals surface area contributed by atoms with Crippen LogP contribution in [0.2, 0.25) is 0 Å². The highest BCUT2D eigenvalue weighted by Crippen LogP contribution is 2.37. The Labute approximate surface area is 124 Å². The van der Waals surface area contributed by atoms with E-state index in [1.807, 2.05) is 0 Å². The van der Waals surface area contributed by atoms with Crippen molar-refractivity contribution in [1.29, 1.82) is 0 Å². The van der Waals surface area contributed by atoms with Crippen LogP contribution >= 0.6 is 23.1 Å². The summed E-state index contributed by atoms with van der Waals surface area (Å²) < 4.78 is 27.6. The van der Waals surface area contributed by atoms with Crippen molar-refractivity contribution in [3.05, 3.63) is 44.5 Å². The van der Waals surface area contributed by atoms with Crippen LogP contribution in [0.15, 0.2) is 21.4 Å². The lowest BCUT2D eigenvalue weighted by atomic mass is 10.3. The first-order chi connectivity index (χ1) is 9.79. The van der Waals surface area contributed by atoms with Crippen LogP contribution in [0.25, 0.3) is 0 Å². The average Bonchev–Trinajstić information content (AvgIpc) is 2.74. The van der Waals surface area contributed by atoms with Gasteiger partial charge in [-0.2, -0.15) is 0 Å². The summed E-state index contributed by atoms with van der Waals surface area (Å²) in [6, 6.07) is 1.20. The summed E-state index contributed by atoms with van der Waals surface area (Å²) in [6.45, 7) is 1.46. The number of non-ortho nitro benzene ring substituents is 1. The predicted molar refractivity (Wildman–Crippen MR) is 70.9 cm³/mol. The molecule has 21 heavy (non-hydrogen) atoms. The Balaban J connectivity index is 2.38. The molecule has 0 aliphatic heterocycles. The van der Waals surface area contributed by atoms with Crippen LogP contribution in [-0.2, 0) is 0 Å². The number of halogens is 2. The van der Waals surface area contributed by atoms with Gasteiger partial charge in [-0.1, -0.05) is 11.8 Å². The molecule has 0 fully saturated rings. The van der Waals surface area contributed by atoms with Gasteiger partial charge in [0.2, 0.25) is 0 Å². The van der Waals surface area contributed by atoms with E-state index in [1.54, 1.807) is 0 Å². The minimum Gasteiger partial charge on any atom is -0.477 e. The minimum absolute atomic E-state index is 0.0276. The fourth-order valence-electron chi connectivity index (χ4n) is 1.45. The lowest BCUT2D eigenvalue weighted by molar-refractivity contribution is -0.385. The lowest BCUT2D eigenvalue weighted by Gasteiger charge is -2.02. The maximum atomic E-state index is 13.7. The first-order valence-electron chi connectivity index (χ1n) is 5.31. The molecule has 0 saturated heterocycles. The van der Waals surface area contributed by atoms with Crippen molar-refractivity contribution in [3.8, 4) is 0 Å². The molecule has 1 aromatic carbocycles. The number of aromatic carboxylic acids is 1. The Kier molecular flexibility index (Phi) is 4.19. The number of thiazole rings is 1. The zero-order valence-electron chi connectivity index (χ0n) is 10.3. The molecule has 0 aliphatic rings. The van der Waals surface area contributed by atoms with Crippen molar-refractivity contribution < 1.29 is 23.6 Å². The molecule has 1 aromatic heterocycles. The summed E-state index contributed by atoms with van der Waals surface area (Å²) in [6.07, 6.45) is 0. The Morgan fingerprint density at radius 1 is 1.43 bits per heavy atom. The van der Waals surface area contributed by atoms with Gasteiger partial charge in [0.25, 0.3) is 5.69 Å². The van der Waals surface area contributed by atoms with Gasteiger partial charge in [0.1, 0.15) is 16.5 Å². The van der Waals surface area contributed by atoms with E-state index in [0.29, 0.717) is 23.9 Å². The van der Waals surface area contributed by atoms with Crippen LogP contribution in [0.1, 0.15) is 15.4 Å². The Morgan fingerprint density at radius 3 is 2.43 bits per heavy atom. The maximum Gasteiger partial charge on any atom is 0.347 e. The standard InChI is InChI=1S/C11H6F2N2O4S2/c1-4-8(10(16)17)20-11(14-4)21-9-6(12)2-5(15(18)19)3-7(9)13/h2-3H,1H3,(H,16,17). The van der Waals surface area contributed by atoms with E-state index in [9.17, 15) is 23.7 Å². The summed E-state index contributed by atoms with van der Waals surface area (Å²) in [4.78, 5) is 23.9. The number of nitro benzene ring substituents is 1. The fourth-order valence-corrected chi connectivity index (χ4v) is 3.43. The van der Waals surface area contributed by atoms with E-state index in [-0.39, 0.29) is 14.9 Å². The molecule has 6 nitrogen and oxygen atoms in total. The predicted octanol–water partition coefficient (Wildman–Crippen LogP) is 3.49. The van der Waals surface area contributed by atoms with Crippen molar-refractivity contribution in [2.45, 2.75) is 16.2 Å². The van der Waals surface area contributed by atoms with E-state index in [1.165, 1.54) is 6.92 Å². The molecular weight excluding hydrogens is 326 g/mol. The number of benzene rings is 1. The van der Waals surface area contributed by atoms with Crippen molar-refractivity contribution in [2.24, 2.45) is 0 Å². The second-order valence-electron chi connectivity index (χ2n) is 3.80. The molecule has 0 atom stereocenters. The second kappa shape index (κ2) is 5.74. The molecule has 110 valence electrons. The number of nitro groups is 1. The van der Waals surface area contributed by atoms with Crippen LogP contribution < -0.4 is 0 Å². The zero-order chi connectivity index (χ0) is 15.7. The Morgan fingerprint density at radius 2 is 2.00 bits per heavy atom. The van der Waals surface area contributed by atoms with Gasteiger partial charge < -0.3 is 5.11 Å². The highest BCUT2D eigenvalue weighted by molar-refractivity contribution is 8.01. The Bertz CT molecular complexity index is 725. The molecule has 0 spiro atoms. The number of carbonyl (C=O) groups is 1. The van der Waals surface area contributed by atoms with Crippen LogP contribution in [-0.4, -0.2) is 21.0 Å². The van der Waals surface area contributed by atoms with Crippen molar-refractivity contribution in [1.82, 2.24) is 4.98 Å². The van der Waals surface area contributed by atoms with E-state index in [0.717, 1.165) is 11.3 Å². The van der Waals surface area contributed by atoms with Crippen molar-refractivity contribution in [2.75, 3.05) is 0 Å². The van der Waals surface area contributed by atoms with Gasteiger partial charge in [-0.25, -0.2) is 18.6 Å². The molecule has 0 radical (unpaired) electrons. The monoisotopic (exact) mass is 332 g/mol. The largest absolute Gasteiger partial charge is 0.477 e. The summed E-state index contributed by atoms with van der Waals surface area (Å²) in [5.41, 5.74) is -0.464. The lowest BCUT2D eigenvalue weighted by Crippen LogP contribution is -1.94. The third kappa shape index (κ3) is 3.16. The Hall–Kier alpha value is -2.07. The van der Waals surface area contributed by atoms with Gasteiger partial charge in [0.15, 0.2) is 4.34 Å². The molecular formula is C11H6F2N2O4S2. The number of hydrogen-bond donors (Lipinski definition) is 1. The normalized spacial score (nSPS) is 10.6. The topological polar surface area (TPSA) is 93.3 Å². The summed E-state index contributed by atoms with van der Waals surface area (Å²) in [5.74, 6) is -3.38. The summed E-state index contributed by atoms with van der Waals surface area (Å²) in [5, 5.41) is 19.4. The van der Waals surface area contributed by atoms with E-state index in [4.69, 9.17) is 5.11 Å². The maximum absolute atomic E-state index is 13.7. The van der Waals surface area contributed by atoms with Crippen molar-refractivity contribution in [3.63, 3.8) is 0 Å². The molecule has 1 heterocycles. The molecule has 2 aromatic rings. The quantitative estimate of drug-likeness (QED) is 0.680. The highest BCUT2D eigenvalue weighted by Gasteiger charge is 2.21. The summed E-state index contributed by atoms with van der Waals surface area (Å²) >= 11 is 1.36. The van der Waals surface area contributed by atoms with Crippen molar-refractivity contribution >= 4 is 34.8 Å². The smallest absolute Gasteiger partial charge is 0.347 e. The first kappa shape index (κ1) is 15.3. The van der Waals surface area contributed by atoms with E-state index in [2.05, 4.69) is 4.98 Å². The molecule has 0 amide bonds. The molecule has 0 unspecified atom stereocenters. The highest BCUT2D eigenvalue weighted by atomic mass is 32.2. The average molecular weight is 332 g/mol. The molecule has 1 N–H and O–H groups in total. The molecule has 2 rings (SSSR count). The molecule has 0 saturated carbocycles. The van der Waals surface area contributed by atoms with Gasteiger partial charge in [0, 0.05) is 0 Å². The third-order valence-corrected chi connectivity index (χ3v) is 4.65. The van der Waals surface area contributed by atoms with Crippen LogP contribution in [0.5, 0.6) is 0 Å². The van der Waals surface area contributed by atoms with Crippen LogP contribution in [0.4, 0.5) is 14.5 Å². The number of aryl methyl sites for hydroxylation is 1. The van der Waals surface area contributed by atoms with Crippen LogP contribution in [0, 0.1) is 28.7 Å². The number of aromatic nitrogens is 1. The molecule has 10 heteroatoms. The van der Waals surface area contributed by atoms with Gasteiger partial charge in [-0.3, -0.25) is 10.1 Å². The SMILES string of the molecule is Cc1nc(Sc2c(F)cc([N+](=O)[O-])cc2F)sc1C(=O)O. The van der Waals surface area contributed by atoms with E-state index >= 15 is 0 Å². The second-order valence-corrected chi connectivity index (χ2v) is 6.05. The number of carboxylic acid groups (broad SMARTS) is 1. The summed E-state index contributed by atoms with van der Waals surface area (Å²) in [7, 11) is 0. The molecule has 0 aliphatic carbocycles. The third-order valence-electron chi connectivity index (χ3n) is 2.35.